The fourth-order valence-electron chi connectivity index (χ4n) is 3.13. The van der Waals surface area contributed by atoms with Crippen LogP contribution in [0.2, 0.25) is 0 Å². The van der Waals surface area contributed by atoms with E-state index < -0.39 is 5.97 Å². The summed E-state index contributed by atoms with van der Waals surface area (Å²) >= 11 is 0. The highest BCUT2D eigenvalue weighted by Gasteiger charge is 2.17. The van der Waals surface area contributed by atoms with E-state index in [1.165, 1.54) is 0 Å². The third-order valence-corrected chi connectivity index (χ3v) is 4.68. The second-order valence-corrected chi connectivity index (χ2v) is 6.69. The van der Waals surface area contributed by atoms with Crippen LogP contribution < -0.4 is 10.1 Å². The normalized spacial score (nSPS) is 10.3. The Morgan fingerprint density at radius 1 is 0.800 bits per heavy atom. The molecular formula is C25H25NO4. The van der Waals surface area contributed by atoms with Crippen LogP contribution in [-0.4, -0.2) is 18.5 Å². The molecule has 5 heteroatoms. The number of amides is 1. The molecule has 0 atom stereocenters. The van der Waals surface area contributed by atoms with Gasteiger partial charge in [-0.2, -0.15) is 0 Å². The van der Waals surface area contributed by atoms with Crippen LogP contribution in [0.1, 0.15) is 35.3 Å². The lowest BCUT2D eigenvalue weighted by atomic mass is 10.0. The van der Waals surface area contributed by atoms with Gasteiger partial charge in [0.05, 0.1) is 0 Å². The second kappa shape index (κ2) is 10.3. The molecule has 0 bridgehead atoms. The second-order valence-electron chi connectivity index (χ2n) is 6.69. The Balaban J connectivity index is 1.66. The van der Waals surface area contributed by atoms with Crippen molar-refractivity contribution in [3.05, 3.63) is 89.5 Å². The van der Waals surface area contributed by atoms with Crippen molar-refractivity contribution in [3.63, 3.8) is 0 Å². The van der Waals surface area contributed by atoms with Crippen LogP contribution in [0.5, 0.6) is 11.5 Å². The van der Waals surface area contributed by atoms with E-state index in [2.05, 4.69) is 5.32 Å². The number of hydrogen-bond acceptors (Lipinski definition) is 4. The first kappa shape index (κ1) is 21.1. The van der Waals surface area contributed by atoms with Crippen molar-refractivity contribution in [1.29, 1.82) is 0 Å². The highest BCUT2D eigenvalue weighted by atomic mass is 16.5. The maximum atomic E-state index is 12.6. The zero-order chi connectivity index (χ0) is 21.3. The fourth-order valence-corrected chi connectivity index (χ4v) is 3.13. The van der Waals surface area contributed by atoms with E-state index in [4.69, 9.17) is 9.47 Å². The minimum absolute atomic E-state index is 0.261. The molecule has 0 fully saturated rings. The van der Waals surface area contributed by atoms with Crippen LogP contribution >= 0.6 is 0 Å². The Morgan fingerprint density at radius 3 is 2.10 bits per heavy atom. The molecule has 5 nitrogen and oxygen atoms in total. The monoisotopic (exact) mass is 403 g/mol. The van der Waals surface area contributed by atoms with Crippen LogP contribution in [0, 0.1) is 0 Å². The van der Waals surface area contributed by atoms with E-state index >= 15 is 0 Å². The smallest absolute Gasteiger partial charge is 0.342 e. The number of carbonyl (C=O) groups is 2. The third kappa shape index (κ3) is 5.26. The van der Waals surface area contributed by atoms with E-state index in [1.54, 1.807) is 36.4 Å². The van der Waals surface area contributed by atoms with E-state index in [0.717, 1.165) is 29.7 Å². The summed E-state index contributed by atoms with van der Waals surface area (Å²) < 4.78 is 11.0. The third-order valence-electron chi connectivity index (χ3n) is 4.68. The molecule has 0 spiro atoms. The molecule has 0 aromatic heterocycles. The zero-order valence-corrected chi connectivity index (χ0v) is 17.2. The number of anilines is 1. The van der Waals surface area contributed by atoms with Crippen LogP contribution in [0.15, 0.2) is 72.8 Å². The van der Waals surface area contributed by atoms with Gasteiger partial charge in [0.2, 0.25) is 0 Å². The maximum absolute atomic E-state index is 12.6. The van der Waals surface area contributed by atoms with Crippen molar-refractivity contribution in [2.24, 2.45) is 0 Å². The van der Waals surface area contributed by atoms with Gasteiger partial charge in [-0.05, 0) is 48.2 Å². The van der Waals surface area contributed by atoms with Crippen LogP contribution in [0.4, 0.5) is 5.69 Å². The lowest BCUT2D eigenvalue weighted by molar-refractivity contribution is -0.119. The van der Waals surface area contributed by atoms with Crippen molar-refractivity contribution in [1.82, 2.24) is 0 Å². The number of benzene rings is 3. The predicted molar refractivity (Wildman–Crippen MR) is 117 cm³/mol. The molecule has 0 radical (unpaired) electrons. The molecule has 1 N–H and O–H groups in total. The first-order valence-corrected chi connectivity index (χ1v) is 10.0. The molecule has 0 unspecified atom stereocenters. The summed E-state index contributed by atoms with van der Waals surface area (Å²) in [6, 6.07) is 21.9. The van der Waals surface area contributed by atoms with Gasteiger partial charge in [-0.15, -0.1) is 0 Å². The van der Waals surface area contributed by atoms with E-state index in [0.29, 0.717) is 11.5 Å². The number of hydrogen-bond donors (Lipinski definition) is 1. The molecule has 0 aliphatic carbocycles. The maximum Gasteiger partial charge on any atom is 0.342 e. The Labute approximate surface area is 176 Å². The average molecular weight is 403 g/mol. The Morgan fingerprint density at radius 2 is 1.43 bits per heavy atom. The van der Waals surface area contributed by atoms with E-state index in [9.17, 15) is 9.59 Å². The van der Waals surface area contributed by atoms with Gasteiger partial charge >= 0.3 is 5.97 Å². The molecule has 0 aliphatic heterocycles. The highest BCUT2D eigenvalue weighted by Crippen LogP contribution is 2.26. The summed E-state index contributed by atoms with van der Waals surface area (Å²) in [5.41, 5.74) is 3.17. The SMILES string of the molecule is CCc1cccc(CC)c1NC(=O)COC(=O)c1ccccc1Oc1ccccc1. The molecule has 3 aromatic rings. The van der Waals surface area contributed by atoms with Gasteiger partial charge < -0.3 is 14.8 Å². The van der Waals surface area contributed by atoms with Gasteiger partial charge in [-0.1, -0.05) is 62.4 Å². The summed E-state index contributed by atoms with van der Waals surface area (Å²) in [6.45, 7) is 3.70. The summed E-state index contributed by atoms with van der Waals surface area (Å²) in [5, 5.41) is 2.89. The van der Waals surface area contributed by atoms with Crippen molar-refractivity contribution >= 4 is 17.6 Å². The van der Waals surface area contributed by atoms with Gasteiger partial charge in [0.1, 0.15) is 17.1 Å². The molecule has 0 saturated carbocycles. The lowest BCUT2D eigenvalue weighted by Gasteiger charge is -2.15. The van der Waals surface area contributed by atoms with Crippen LogP contribution in [0.25, 0.3) is 0 Å². The first-order valence-electron chi connectivity index (χ1n) is 10.0. The van der Waals surface area contributed by atoms with Crippen molar-refractivity contribution in [2.45, 2.75) is 26.7 Å². The molecular weight excluding hydrogens is 378 g/mol. The van der Waals surface area contributed by atoms with E-state index in [-0.39, 0.29) is 18.1 Å². The number of esters is 1. The van der Waals surface area contributed by atoms with Gasteiger partial charge in [0.15, 0.2) is 6.61 Å². The van der Waals surface area contributed by atoms with Crippen LogP contribution in [-0.2, 0) is 22.4 Å². The summed E-state index contributed by atoms with van der Waals surface area (Å²) in [5.74, 6) is -0.00551. The number of ether oxygens (including phenoxy) is 2. The van der Waals surface area contributed by atoms with E-state index in [1.807, 2.05) is 50.2 Å². The molecule has 3 rings (SSSR count). The average Bonchev–Trinajstić information content (AvgIpc) is 2.78. The Hall–Kier alpha value is -3.60. The number of nitrogens with one attached hydrogen (secondary N) is 1. The van der Waals surface area contributed by atoms with Gasteiger partial charge in [-0.3, -0.25) is 4.79 Å². The van der Waals surface area contributed by atoms with Crippen LogP contribution in [0.3, 0.4) is 0 Å². The minimum atomic E-state index is -0.615. The molecule has 30 heavy (non-hydrogen) atoms. The number of aryl methyl sites for hydroxylation is 2. The fraction of sp³-hybridized carbons (Fsp3) is 0.200. The topological polar surface area (TPSA) is 64.6 Å². The summed E-state index contributed by atoms with van der Waals surface area (Å²) in [6.07, 6.45) is 1.60. The van der Waals surface area contributed by atoms with Crippen molar-refractivity contribution in [2.75, 3.05) is 11.9 Å². The quantitative estimate of drug-likeness (QED) is 0.512. The predicted octanol–water partition coefficient (Wildman–Crippen LogP) is 5.40. The van der Waals surface area contributed by atoms with Gasteiger partial charge in [0, 0.05) is 5.69 Å². The van der Waals surface area contributed by atoms with Gasteiger partial charge in [-0.25, -0.2) is 4.79 Å². The minimum Gasteiger partial charge on any atom is -0.456 e. The number of para-hydroxylation sites is 3. The number of carbonyl (C=O) groups excluding carboxylic acids is 2. The molecule has 154 valence electrons. The standard InChI is InChI=1S/C25H25NO4/c1-3-18-11-10-12-19(4-2)24(18)26-23(27)17-29-25(28)21-15-8-9-16-22(21)30-20-13-6-5-7-14-20/h5-16H,3-4,17H2,1-2H3,(H,26,27). The Bertz CT molecular complexity index is 992. The molecule has 0 saturated heterocycles. The summed E-state index contributed by atoms with van der Waals surface area (Å²) in [4.78, 5) is 25.0. The molecule has 0 heterocycles. The molecule has 0 aliphatic rings. The summed E-state index contributed by atoms with van der Waals surface area (Å²) in [7, 11) is 0. The lowest BCUT2D eigenvalue weighted by Crippen LogP contribution is -2.22. The van der Waals surface area contributed by atoms with Crippen molar-refractivity contribution in [3.8, 4) is 11.5 Å². The first-order chi connectivity index (χ1) is 14.6. The number of rotatable bonds is 8. The Kier molecular flexibility index (Phi) is 7.22. The van der Waals surface area contributed by atoms with Crippen molar-refractivity contribution < 1.29 is 19.1 Å². The van der Waals surface area contributed by atoms with Gasteiger partial charge in [0.25, 0.3) is 5.91 Å². The molecule has 3 aromatic carbocycles. The molecule has 1 amide bonds. The zero-order valence-electron chi connectivity index (χ0n) is 17.2. The highest BCUT2D eigenvalue weighted by molar-refractivity contribution is 5.97. The largest absolute Gasteiger partial charge is 0.456 e.